The molecule has 2 saturated heterocycles. The van der Waals surface area contributed by atoms with Crippen molar-refractivity contribution < 1.29 is 9.59 Å². The Hall–Kier alpha value is -1.43. The van der Waals surface area contributed by atoms with Crippen LogP contribution in [0.25, 0.3) is 0 Å². The van der Waals surface area contributed by atoms with Crippen LogP contribution in [0.1, 0.15) is 32.1 Å². The quantitative estimate of drug-likeness (QED) is 0.693. The van der Waals surface area contributed by atoms with Gasteiger partial charge in [-0.05, 0) is 26.3 Å². The highest BCUT2D eigenvalue weighted by atomic mass is 16.2. The van der Waals surface area contributed by atoms with E-state index in [-0.39, 0.29) is 11.8 Å². The average Bonchev–Trinajstić information content (AvgIpc) is 2.66. The Kier molecular flexibility index (Phi) is 3.50. The summed E-state index contributed by atoms with van der Waals surface area (Å²) in [6, 6.07) is 1.10. The van der Waals surface area contributed by atoms with Gasteiger partial charge in [0.15, 0.2) is 0 Å². The van der Waals surface area contributed by atoms with E-state index >= 15 is 0 Å². The minimum absolute atomic E-state index is 0.0174. The zero-order valence-electron chi connectivity index (χ0n) is 12.2. The lowest BCUT2D eigenvalue weighted by atomic mass is 10.1. The molecule has 2 amide bonds. The second-order valence-corrected chi connectivity index (χ2v) is 6.05. The Labute approximate surface area is 119 Å². The van der Waals surface area contributed by atoms with Crippen molar-refractivity contribution in [3.8, 4) is 0 Å². The predicted octanol–water partition coefficient (Wildman–Crippen LogP) is 0.290. The van der Waals surface area contributed by atoms with Crippen LogP contribution in [-0.4, -0.2) is 71.6 Å². The summed E-state index contributed by atoms with van der Waals surface area (Å²) in [6.07, 6.45) is 4.33. The van der Waals surface area contributed by atoms with E-state index in [1.54, 1.807) is 7.05 Å². The number of likely N-dealkylation sites (N-methyl/N-ethyl adjacent to an activating group) is 1. The Morgan fingerprint density at radius 2 is 1.90 bits per heavy atom. The van der Waals surface area contributed by atoms with Crippen molar-refractivity contribution in [3.05, 3.63) is 0 Å². The zero-order chi connectivity index (χ0) is 14.3. The van der Waals surface area contributed by atoms with Gasteiger partial charge in [-0.3, -0.25) is 14.5 Å². The molecule has 6 nitrogen and oxygen atoms in total. The van der Waals surface area contributed by atoms with E-state index in [9.17, 15) is 9.59 Å². The number of carbonyl (C=O) groups is 2. The third kappa shape index (κ3) is 2.32. The molecule has 20 heavy (non-hydrogen) atoms. The van der Waals surface area contributed by atoms with Crippen LogP contribution >= 0.6 is 0 Å². The number of rotatable bonds is 1. The van der Waals surface area contributed by atoms with Gasteiger partial charge in [-0.25, -0.2) is 5.01 Å². The summed E-state index contributed by atoms with van der Waals surface area (Å²) in [7, 11) is 3.79. The van der Waals surface area contributed by atoms with Gasteiger partial charge in [0.1, 0.15) is 5.71 Å². The van der Waals surface area contributed by atoms with Crippen molar-refractivity contribution in [1.82, 2.24) is 14.8 Å². The van der Waals surface area contributed by atoms with E-state index < -0.39 is 0 Å². The zero-order valence-corrected chi connectivity index (χ0v) is 12.2. The number of nitrogens with zero attached hydrogens (tertiary/aromatic N) is 4. The summed E-state index contributed by atoms with van der Waals surface area (Å²) in [4.78, 5) is 28.4. The fourth-order valence-corrected chi connectivity index (χ4v) is 3.50. The maximum Gasteiger partial charge on any atom is 0.270 e. The molecular formula is C14H22N4O2. The molecule has 6 heteroatoms. The number of hydrogen-bond acceptors (Lipinski definition) is 4. The normalized spacial score (nSPS) is 31.3. The topological polar surface area (TPSA) is 56.2 Å². The molecule has 2 bridgehead atoms. The lowest BCUT2D eigenvalue weighted by molar-refractivity contribution is -0.130. The molecule has 0 radical (unpaired) electrons. The molecule has 3 aliphatic heterocycles. The van der Waals surface area contributed by atoms with E-state index in [0.29, 0.717) is 30.6 Å². The number of fused-ring (bicyclic) bond motifs is 2. The van der Waals surface area contributed by atoms with Crippen molar-refractivity contribution >= 4 is 17.5 Å². The standard InChI is InChI=1S/C14H22N4O2/c1-16-10-3-4-11(16)9-18(8-7-10)14(20)12-5-6-13(19)17(2)15-12/h10-11H,3-9H2,1-2H3/t10-,11+/m1/s1. The second-order valence-electron chi connectivity index (χ2n) is 6.05. The van der Waals surface area contributed by atoms with Crippen molar-refractivity contribution in [3.63, 3.8) is 0 Å². The van der Waals surface area contributed by atoms with Gasteiger partial charge in [-0.15, -0.1) is 0 Å². The molecule has 3 heterocycles. The highest BCUT2D eigenvalue weighted by Crippen LogP contribution is 2.28. The number of carbonyl (C=O) groups excluding carboxylic acids is 2. The molecule has 0 spiro atoms. The number of likely N-dealkylation sites (tertiary alicyclic amines) is 1. The van der Waals surface area contributed by atoms with Crippen LogP contribution in [0.4, 0.5) is 0 Å². The first-order chi connectivity index (χ1) is 9.56. The van der Waals surface area contributed by atoms with Crippen molar-refractivity contribution in [2.45, 2.75) is 44.2 Å². The molecule has 0 aromatic heterocycles. The highest BCUT2D eigenvalue weighted by Gasteiger charge is 2.37. The van der Waals surface area contributed by atoms with Crippen LogP contribution in [0, 0.1) is 0 Å². The molecular weight excluding hydrogens is 256 g/mol. The van der Waals surface area contributed by atoms with Gasteiger partial charge < -0.3 is 4.90 Å². The van der Waals surface area contributed by atoms with Gasteiger partial charge in [-0.2, -0.15) is 5.10 Å². The van der Waals surface area contributed by atoms with Gasteiger partial charge >= 0.3 is 0 Å². The Morgan fingerprint density at radius 1 is 1.15 bits per heavy atom. The molecule has 110 valence electrons. The van der Waals surface area contributed by atoms with Crippen LogP contribution in [0.15, 0.2) is 5.10 Å². The van der Waals surface area contributed by atoms with Crippen molar-refractivity contribution in [1.29, 1.82) is 0 Å². The molecule has 3 aliphatic rings. The van der Waals surface area contributed by atoms with Gasteiger partial charge in [0, 0.05) is 45.1 Å². The van der Waals surface area contributed by atoms with E-state index in [2.05, 4.69) is 17.0 Å². The van der Waals surface area contributed by atoms with E-state index in [1.165, 1.54) is 17.9 Å². The van der Waals surface area contributed by atoms with Crippen LogP contribution in [-0.2, 0) is 9.59 Å². The summed E-state index contributed by atoms with van der Waals surface area (Å²) < 4.78 is 0. The van der Waals surface area contributed by atoms with Gasteiger partial charge in [0.25, 0.3) is 5.91 Å². The summed E-state index contributed by atoms with van der Waals surface area (Å²) in [5.41, 5.74) is 0.535. The van der Waals surface area contributed by atoms with Crippen LogP contribution in [0.2, 0.25) is 0 Å². The van der Waals surface area contributed by atoms with Crippen molar-refractivity contribution in [2.75, 3.05) is 27.2 Å². The maximum absolute atomic E-state index is 12.6. The average molecular weight is 278 g/mol. The molecule has 2 fully saturated rings. The minimum Gasteiger partial charge on any atom is -0.336 e. The van der Waals surface area contributed by atoms with Gasteiger partial charge in [0.2, 0.25) is 5.91 Å². The van der Waals surface area contributed by atoms with Crippen molar-refractivity contribution in [2.24, 2.45) is 5.10 Å². The van der Waals surface area contributed by atoms with E-state index in [1.807, 2.05) is 4.90 Å². The summed E-state index contributed by atoms with van der Waals surface area (Å²) in [5, 5.41) is 5.44. The molecule has 0 aromatic carbocycles. The first-order valence-corrected chi connectivity index (χ1v) is 7.41. The Morgan fingerprint density at radius 3 is 2.65 bits per heavy atom. The lowest BCUT2D eigenvalue weighted by Crippen LogP contribution is -2.44. The minimum atomic E-state index is -0.0174. The first kappa shape index (κ1) is 13.5. The first-order valence-electron chi connectivity index (χ1n) is 7.41. The second kappa shape index (κ2) is 5.16. The number of amides is 2. The molecule has 0 aromatic rings. The van der Waals surface area contributed by atoms with Crippen LogP contribution in [0.3, 0.4) is 0 Å². The fourth-order valence-electron chi connectivity index (χ4n) is 3.50. The molecule has 0 aliphatic carbocycles. The van der Waals surface area contributed by atoms with Crippen LogP contribution in [0.5, 0.6) is 0 Å². The third-order valence-corrected chi connectivity index (χ3v) is 4.89. The predicted molar refractivity (Wildman–Crippen MR) is 75.2 cm³/mol. The van der Waals surface area contributed by atoms with Gasteiger partial charge in [-0.1, -0.05) is 0 Å². The Balaban J connectivity index is 1.72. The smallest absolute Gasteiger partial charge is 0.270 e. The molecule has 3 rings (SSSR count). The van der Waals surface area contributed by atoms with E-state index in [0.717, 1.165) is 19.5 Å². The summed E-state index contributed by atoms with van der Waals surface area (Å²) in [6.45, 7) is 1.60. The third-order valence-electron chi connectivity index (χ3n) is 4.89. The highest BCUT2D eigenvalue weighted by molar-refractivity contribution is 6.39. The fraction of sp³-hybridized carbons (Fsp3) is 0.786. The maximum atomic E-state index is 12.6. The summed E-state index contributed by atoms with van der Waals surface area (Å²) in [5.74, 6) is 0.00140. The van der Waals surface area contributed by atoms with E-state index in [4.69, 9.17) is 0 Å². The van der Waals surface area contributed by atoms with Gasteiger partial charge in [0.05, 0.1) is 0 Å². The molecule has 0 saturated carbocycles. The van der Waals surface area contributed by atoms with Crippen LogP contribution < -0.4 is 0 Å². The SMILES string of the molecule is CN1N=C(C(=O)N2CC[C@H]3CC[C@@H](C2)N3C)CCC1=O. The monoisotopic (exact) mass is 278 g/mol. The molecule has 0 N–H and O–H groups in total. The summed E-state index contributed by atoms with van der Waals surface area (Å²) >= 11 is 0. The molecule has 0 unspecified atom stereocenters. The lowest BCUT2D eigenvalue weighted by Gasteiger charge is -2.27. The Bertz CT molecular complexity index is 462. The number of hydrogen-bond donors (Lipinski definition) is 0. The largest absolute Gasteiger partial charge is 0.336 e. The molecule has 2 atom stereocenters. The number of hydrazone groups is 1.